The predicted molar refractivity (Wildman–Crippen MR) is 91.1 cm³/mol. The fraction of sp³-hybridized carbons (Fsp3) is 0.556. The van der Waals surface area contributed by atoms with Crippen LogP contribution in [0.3, 0.4) is 0 Å². The molecule has 1 saturated heterocycles. The molecule has 1 aromatic rings. The number of β-amino-alcohol motifs (C(OH)–C–C–N with tert-alkyl or cyclic N) is 1. The molecule has 1 aliphatic rings. The Morgan fingerprint density at radius 2 is 2.08 bits per heavy atom. The number of ether oxygens (including phenoxy) is 1. The summed E-state index contributed by atoms with van der Waals surface area (Å²) in [6, 6.07) is 5.26. The molecule has 1 aliphatic heterocycles. The first kappa shape index (κ1) is 18.3. The molecule has 6 heteroatoms. The normalized spacial score (nSPS) is 18.8. The van der Waals surface area contributed by atoms with Gasteiger partial charge in [-0.25, -0.2) is 0 Å². The zero-order valence-electron chi connectivity index (χ0n) is 14.8. The first-order chi connectivity index (χ1) is 11.3. The third-order valence-electron chi connectivity index (χ3n) is 4.15. The van der Waals surface area contributed by atoms with Crippen molar-refractivity contribution in [2.45, 2.75) is 26.9 Å². The molecule has 0 bridgehead atoms. The number of hydrogen-bond donors (Lipinski definition) is 1. The van der Waals surface area contributed by atoms with Crippen LogP contribution in [-0.2, 0) is 4.79 Å². The Morgan fingerprint density at radius 1 is 1.38 bits per heavy atom. The minimum Gasteiger partial charge on any atom is -0.496 e. The molecule has 1 fully saturated rings. The Hall–Kier alpha value is -2.08. The number of amides is 2. The zero-order chi connectivity index (χ0) is 17.9. The van der Waals surface area contributed by atoms with E-state index in [1.807, 2.05) is 20.8 Å². The van der Waals surface area contributed by atoms with Crippen molar-refractivity contribution in [2.24, 2.45) is 5.92 Å². The lowest BCUT2D eigenvalue weighted by Gasteiger charge is -2.23. The van der Waals surface area contributed by atoms with Crippen molar-refractivity contribution in [3.63, 3.8) is 0 Å². The molecular weight excluding hydrogens is 308 g/mol. The molecule has 132 valence electrons. The average Bonchev–Trinajstić information content (AvgIpc) is 2.65. The first-order valence-corrected chi connectivity index (χ1v) is 8.22. The third kappa shape index (κ3) is 4.06. The van der Waals surface area contributed by atoms with Gasteiger partial charge in [-0.15, -0.1) is 0 Å². The van der Waals surface area contributed by atoms with Crippen molar-refractivity contribution >= 4 is 11.8 Å². The summed E-state index contributed by atoms with van der Waals surface area (Å²) in [4.78, 5) is 28.4. The number of nitrogens with zero attached hydrogens (tertiary/aromatic N) is 2. The van der Waals surface area contributed by atoms with Gasteiger partial charge in [0.2, 0.25) is 5.91 Å². The standard InChI is InChI=1S/C18H26N2O4/c1-12(2)8-19-9-14(21)10-20(11-17(19)22)18(23)15-6-5-7-16(24-4)13(15)3/h5-7,12,14,21H,8-11H2,1-4H3. The van der Waals surface area contributed by atoms with E-state index in [2.05, 4.69) is 0 Å². The minimum atomic E-state index is -0.745. The topological polar surface area (TPSA) is 70.1 Å². The second-order valence-corrected chi connectivity index (χ2v) is 6.66. The summed E-state index contributed by atoms with van der Waals surface area (Å²) < 4.78 is 5.26. The Kier molecular flexibility index (Phi) is 5.83. The number of benzene rings is 1. The molecule has 0 aliphatic carbocycles. The number of methoxy groups -OCH3 is 1. The molecule has 0 saturated carbocycles. The van der Waals surface area contributed by atoms with E-state index >= 15 is 0 Å². The van der Waals surface area contributed by atoms with E-state index in [1.54, 1.807) is 30.2 Å². The van der Waals surface area contributed by atoms with E-state index in [-0.39, 0.29) is 31.4 Å². The molecule has 6 nitrogen and oxygen atoms in total. The highest BCUT2D eigenvalue weighted by atomic mass is 16.5. The molecule has 0 radical (unpaired) electrons. The number of rotatable bonds is 4. The lowest BCUT2D eigenvalue weighted by Crippen LogP contribution is -2.40. The van der Waals surface area contributed by atoms with Crippen LogP contribution in [0.5, 0.6) is 5.75 Å². The monoisotopic (exact) mass is 334 g/mol. The van der Waals surface area contributed by atoms with Crippen LogP contribution in [0.25, 0.3) is 0 Å². The number of aliphatic hydroxyl groups is 1. The van der Waals surface area contributed by atoms with Crippen LogP contribution in [-0.4, -0.2) is 66.1 Å². The van der Waals surface area contributed by atoms with E-state index in [1.165, 1.54) is 4.90 Å². The Balaban J connectivity index is 2.22. The van der Waals surface area contributed by atoms with Crippen molar-refractivity contribution in [3.05, 3.63) is 29.3 Å². The summed E-state index contributed by atoms with van der Waals surface area (Å²) in [5.41, 5.74) is 1.22. The van der Waals surface area contributed by atoms with Crippen LogP contribution in [0.15, 0.2) is 18.2 Å². The quantitative estimate of drug-likeness (QED) is 0.901. The van der Waals surface area contributed by atoms with Crippen molar-refractivity contribution in [3.8, 4) is 5.75 Å². The van der Waals surface area contributed by atoms with Gasteiger partial charge in [0.1, 0.15) is 12.3 Å². The first-order valence-electron chi connectivity index (χ1n) is 8.22. The fourth-order valence-electron chi connectivity index (χ4n) is 3.01. The van der Waals surface area contributed by atoms with Gasteiger partial charge in [0.05, 0.1) is 13.2 Å². The maximum absolute atomic E-state index is 12.8. The van der Waals surface area contributed by atoms with Gasteiger partial charge in [0, 0.05) is 30.8 Å². The number of carbonyl (C=O) groups excluding carboxylic acids is 2. The maximum atomic E-state index is 12.8. The molecule has 0 aromatic heterocycles. The van der Waals surface area contributed by atoms with Gasteiger partial charge in [-0.05, 0) is 25.0 Å². The molecule has 1 aromatic carbocycles. The highest BCUT2D eigenvalue weighted by Crippen LogP contribution is 2.23. The van der Waals surface area contributed by atoms with Gasteiger partial charge in [-0.1, -0.05) is 19.9 Å². The minimum absolute atomic E-state index is 0.0146. The summed E-state index contributed by atoms with van der Waals surface area (Å²) in [5, 5.41) is 10.2. The van der Waals surface area contributed by atoms with Crippen molar-refractivity contribution < 1.29 is 19.4 Å². The highest BCUT2D eigenvalue weighted by Gasteiger charge is 2.30. The maximum Gasteiger partial charge on any atom is 0.254 e. The predicted octanol–water partition coefficient (Wildman–Crippen LogP) is 1.30. The summed E-state index contributed by atoms with van der Waals surface area (Å²) in [7, 11) is 1.56. The Morgan fingerprint density at radius 3 is 2.71 bits per heavy atom. The van der Waals surface area contributed by atoms with Crippen LogP contribution in [0, 0.1) is 12.8 Å². The zero-order valence-corrected chi connectivity index (χ0v) is 14.8. The van der Waals surface area contributed by atoms with Gasteiger partial charge in [0.15, 0.2) is 0 Å². The molecule has 2 amide bonds. The van der Waals surface area contributed by atoms with Crippen LogP contribution in [0.4, 0.5) is 0 Å². The second-order valence-electron chi connectivity index (χ2n) is 6.66. The fourth-order valence-corrected chi connectivity index (χ4v) is 3.01. The third-order valence-corrected chi connectivity index (χ3v) is 4.15. The van der Waals surface area contributed by atoms with Crippen molar-refractivity contribution in [1.29, 1.82) is 0 Å². The van der Waals surface area contributed by atoms with E-state index in [0.29, 0.717) is 23.8 Å². The largest absolute Gasteiger partial charge is 0.496 e. The van der Waals surface area contributed by atoms with Crippen LogP contribution >= 0.6 is 0 Å². The SMILES string of the molecule is COc1cccc(C(=O)N2CC(=O)N(CC(C)C)CC(O)C2)c1C. The van der Waals surface area contributed by atoms with Crippen molar-refractivity contribution in [2.75, 3.05) is 33.3 Å². The average molecular weight is 334 g/mol. The van der Waals surface area contributed by atoms with E-state index in [0.717, 1.165) is 5.56 Å². The van der Waals surface area contributed by atoms with E-state index < -0.39 is 6.10 Å². The van der Waals surface area contributed by atoms with Crippen molar-refractivity contribution in [1.82, 2.24) is 9.80 Å². The van der Waals surface area contributed by atoms with E-state index in [9.17, 15) is 14.7 Å². The summed E-state index contributed by atoms with van der Waals surface area (Å²) in [6.45, 7) is 6.83. The summed E-state index contributed by atoms with van der Waals surface area (Å²) in [6.07, 6.45) is -0.745. The smallest absolute Gasteiger partial charge is 0.254 e. The van der Waals surface area contributed by atoms with Gasteiger partial charge >= 0.3 is 0 Å². The van der Waals surface area contributed by atoms with E-state index in [4.69, 9.17) is 4.74 Å². The second kappa shape index (κ2) is 7.66. The molecule has 1 atom stereocenters. The Labute approximate surface area is 143 Å². The highest BCUT2D eigenvalue weighted by molar-refractivity contribution is 5.98. The summed E-state index contributed by atoms with van der Waals surface area (Å²) in [5.74, 6) is 0.548. The van der Waals surface area contributed by atoms with Gasteiger partial charge in [-0.3, -0.25) is 9.59 Å². The van der Waals surface area contributed by atoms with Crippen LogP contribution < -0.4 is 4.74 Å². The Bertz CT molecular complexity index is 615. The van der Waals surface area contributed by atoms with Crippen LogP contribution in [0.1, 0.15) is 29.8 Å². The molecular formula is C18H26N2O4. The molecule has 24 heavy (non-hydrogen) atoms. The van der Waals surface area contributed by atoms with Gasteiger partial charge in [0.25, 0.3) is 5.91 Å². The van der Waals surface area contributed by atoms with Gasteiger partial charge < -0.3 is 19.6 Å². The molecule has 0 spiro atoms. The van der Waals surface area contributed by atoms with Gasteiger partial charge in [-0.2, -0.15) is 0 Å². The number of aliphatic hydroxyl groups excluding tert-OH is 1. The lowest BCUT2D eigenvalue weighted by molar-refractivity contribution is -0.131. The molecule has 1 unspecified atom stereocenters. The number of hydrogen-bond acceptors (Lipinski definition) is 4. The molecule has 2 rings (SSSR count). The molecule has 1 N–H and O–H groups in total. The lowest BCUT2D eigenvalue weighted by atomic mass is 10.1. The number of carbonyl (C=O) groups is 2. The van der Waals surface area contributed by atoms with Crippen LogP contribution in [0.2, 0.25) is 0 Å². The summed E-state index contributed by atoms with van der Waals surface area (Å²) >= 11 is 0. The molecule has 1 heterocycles.